The molecule has 0 heterocycles. The van der Waals surface area contributed by atoms with Gasteiger partial charge in [0.15, 0.2) is 6.10 Å². The molecule has 0 fully saturated rings. The average molecular weight is 1110 g/mol. The second-order valence-electron chi connectivity index (χ2n) is 21.7. The summed E-state index contributed by atoms with van der Waals surface area (Å²) < 4.78 is 34.5. The third-order valence-corrected chi connectivity index (χ3v) is 14.0. The Hall–Kier alpha value is -3.59. The number of unbranched alkanes of at least 4 members (excludes halogenated alkanes) is 22. The molecule has 0 aliphatic carbocycles. The number of nitrogens with zero attached hydrogens (tertiary/aromatic N) is 1. The predicted octanol–water partition coefficient (Wildman–Crippen LogP) is 19.9. The van der Waals surface area contributed by atoms with Crippen LogP contribution in [0.5, 0.6) is 0 Å². The van der Waals surface area contributed by atoms with Crippen molar-refractivity contribution in [3.8, 4) is 0 Å². The fourth-order valence-corrected chi connectivity index (χ4v) is 8.92. The molecule has 1 N–H and O–H groups in total. The lowest BCUT2D eigenvalue weighted by molar-refractivity contribution is -0.870. The molecule has 78 heavy (non-hydrogen) atoms. The highest BCUT2D eigenvalue weighted by Gasteiger charge is 2.27. The minimum absolute atomic E-state index is 0.0249. The minimum atomic E-state index is -4.39. The molecule has 446 valence electrons. The predicted molar refractivity (Wildman–Crippen MR) is 334 cm³/mol. The summed E-state index contributed by atoms with van der Waals surface area (Å²) in [6.07, 6.45) is 82.8. The molecule has 0 radical (unpaired) electrons. The van der Waals surface area contributed by atoms with Crippen LogP contribution in [0.15, 0.2) is 122 Å². The quantitative estimate of drug-likeness (QED) is 0.0211. The summed E-state index contributed by atoms with van der Waals surface area (Å²) in [5.41, 5.74) is 0. The lowest BCUT2D eigenvalue weighted by Gasteiger charge is -2.24. The summed E-state index contributed by atoms with van der Waals surface area (Å²) in [4.78, 5) is 35.7. The fourth-order valence-electron chi connectivity index (χ4n) is 8.18. The van der Waals surface area contributed by atoms with Gasteiger partial charge < -0.3 is 18.9 Å². The average Bonchev–Trinajstić information content (AvgIpc) is 3.41. The van der Waals surface area contributed by atoms with Crippen LogP contribution in [0, 0.1) is 0 Å². The van der Waals surface area contributed by atoms with E-state index in [0.717, 1.165) is 116 Å². The van der Waals surface area contributed by atoms with Crippen molar-refractivity contribution in [2.75, 3.05) is 47.5 Å². The zero-order valence-corrected chi connectivity index (χ0v) is 51.5. The van der Waals surface area contributed by atoms with Crippen LogP contribution in [0.4, 0.5) is 0 Å². The number of hydrogen-bond donors (Lipinski definition) is 1. The molecular formula is C68H117NO8P+. The molecular weight excluding hydrogens is 990 g/mol. The molecule has 0 aliphatic heterocycles. The number of esters is 2. The second kappa shape index (κ2) is 58.1. The molecule has 0 spiro atoms. The van der Waals surface area contributed by atoms with Crippen molar-refractivity contribution in [2.24, 2.45) is 0 Å². The zero-order chi connectivity index (χ0) is 57.0. The van der Waals surface area contributed by atoms with Crippen molar-refractivity contribution in [2.45, 2.75) is 251 Å². The molecule has 0 aromatic rings. The number of likely N-dealkylation sites (N-methyl/N-ethyl adjacent to an activating group) is 1. The number of allylic oxidation sites excluding steroid dienone is 20. The number of phosphoric ester groups is 1. The zero-order valence-electron chi connectivity index (χ0n) is 50.6. The fraction of sp³-hybridized carbons (Fsp3) is 0.676. The Bertz CT molecular complexity index is 1730. The van der Waals surface area contributed by atoms with Crippen LogP contribution >= 0.6 is 7.82 Å². The standard InChI is InChI=1S/C68H116NO8P/c1-6-8-10-12-14-16-18-20-22-23-24-25-26-27-28-29-30-31-32-33-34-35-36-37-38-39-40-41-42-43-44-45-47-49-51-53-55-57-59-61-68(71)77-66(65-76-78(72,73)75-63-62-69(3,4)5)64-74-67(70)60-58-56-54-52-50-48-46-21-19-17-15-13-11-9-7-2/h8,10,14-17,20-22,24-25,27-28,30-31,33-34,36-37,46,66H,6-7,9,11-13,18-19,23,26,29,32,35,38-45,47-65H2,1-5H3/p+1/b10-8-,16-14-,17-15-,22-20-,25-24-,28-27-,31-30-,34-33-,37-36-,46-21-. The van der Waals surface area contributed by atoms with E-state index < -0.39 is 26.5 Å². The maximum atomic E-state index is 12.8. The smallest absolute Gasteiger partial charge is 0.462 e. The molecule has 2 unspecified atom stereocenters. The van der Waals surface area contributed by atoms with Crippen LogP contribution in [0.1, 0.15) is 245 Å². The van der Waals surface area contributed by atoms with Crippen molar-refractivity contribution < 1.29 is 42.1 Å². The van der Waals surface area contributed by atoms with Crippen LogP contribution < -0.4 is 0 Å². The van der Waals surface area contributed by atoms with E-state index in [1.54, 1.807) is 0 Å². The number of carbonyl (C=O) groups excluding carboxylic acids is 2. The first-order chi connectivity index (χ1) is 38.0. The number of carbonyl (C=O) groups is 2. The van der Waals surface area contributed by atoms with E-state index >= 15 is 0 Å². The summed E-state index contributed by atoms with van der Waals surface area (Å²) >= 11 is 0. The molecule has 0 aromatic carbocycles. The Morgan fingerprint density at radius 2 is 0.731 bits per heavy atom. The van der Waals surface area contributed by atoms with Gasteiger partial charge in [0.1, 0.15) is 19.8 Å². The molecule has 0 saturated heterocycles. The Morgan fingerprint density at radius 1 is 0.410 bits per heavy atom. The Kier molecular flexibility index (Phi) is 55.4. The molecule has 0 bridgehead atoms. The number of hydrogen-bond acceptors (Lipinski definition) is 7. The van der Waals surface area contributed by atoms with Crippen molar-refractivity contribution >= 4 is 19.8 Å². The normalized spacial score (nSPS) is 14.1. The Morgan fingerprint density at radius 3 is 1.09 bits per heavy atom. The molecule has 0 aromatic heterocycles. The van der Waals surface area contributed by atoms with Gasteiger partial charge in [0, 0.05) is 12.8 Å². The lowest BCUT2D eigenvalue weighted by Crippen LogP contribution is -2.37. The molecule has 0 amide bonds. The van der Waals surface area contributed by atoms with Crippen LogP contribution in [0.25, 0.3) is 0 Å². The Labute approximate surface area is 479 Å². The molecule has 10 heteroatoms. The van der Waals surface area contributed by atoms with E-state index in [9.17, 15) is 19.0 Å². The number of rotatable bonds is 56. The largest absolute Gasteiger partial charge is 0.472 e. The third-order valence-electron chi connectivity index (χ3n) is 13.0. The Balaban J connectivity index is 4.05. The van der Waals surface area contributed by atoms with Gasteiger partial charge in [-0.25, -0.2) is 4.57 Å². The summed E-state index contributed by atoms with van der Waals surface area (Å²) in [5.74, 6) is -0.817. The maximum absolute atomic E-state index is 12.8. The van der Waals surface area contributed by atoms with Crippen LogP contribution in [-0.2, 0) is 32.7 Å². The third kappa shape index (κ3) is 61.6. The summed E-state index contributed by atoms with van der Waals surface area (Å²) in [7, 11) is 1.46. The van der Waals surface area contributed by atoms with Crippen LogP contribution in [-0.4, -0.2) is 74.9 Å². The monoisotopic (exact) mass is 1110 g/mol. The van der Waals surface area contributed by atoms with Crippen molar-refractivity contribution in [3.05, 3.63) is 122 Å². The van der Waals surface area contributed by atoms with Gasteiger partial charge in [-0.3, -0.25) is 18.6 Å². The van der Waals surface area contributed by atoms with Gasteiger partial charge in [-0.05, 0) is 109 Å². The van der Waals surface area contributed by atoms with E-state index in [0.29, 0.717) is 17.4 Å². The van der Waals surface area contributed by atoms with Gasteiger partial charge in [0.2, 0.25) is 0 Å². The van der Waals surface area contributed by atoms with E-state index in [1.807, 2.05) is 21.1 Å². The van der Waals surface area contributed by atoms with Crippen LogP contribution in [0.3, 0.4) is 0 Å². The summed E-state index contributed by atoms with van der Waals surface area (Å²) in [6, 6.07) is 0. The first-order valence-corrected chi connectivity index (χ1v) is 32.8. The number of ether oxygens (including phenoxy) is 2. The highest BCUT2D eigenvalue weighted by atomic mass is 31.2. The van der Waals surface area contributed by atoms with Gasteiger partial charge in [0.25, 0.3) is 0 Å². The first-order valence-electron chi connectivity index (χ1n) is 31.3. The van der Waals surface area contributed by atoms with E-state index in [4.69, 9.17) is 18.5 Å². The van der Waals surface area contributed by atoms with E-state index in [2.05, 4.69) is 135 Å². The molecule has 0 aliphatic rings. The van der Waals surface area contributed by atoms with Gasteiger partial charge in [-0.1, -0.05) is 245 Å². The van der Waals surface area contributed by atoms with E-state index in [1.165, 1.54) is 96.3 Å². The highest BCUT2D eigenvalue weighted by molar-refractivity contribution is 7.47. The maximum Gasteiger partial charge on any atom is 0.472 e. The molecule has 2 atom stereocenters. The van der Waals surface area contributed by atoms with Crippen LogP contribution in [0.2, 0.25) is 0 Å². The van der Waals surface area contributed by atoms with E-state index in [-0.39, 0.29) is 32.0 Å². The van der Waals surface area contributed by atoms with Crippen molar-refractivity contribution in [3.63, 3.8) is 0 Å². The lowest BCUT2D eigenvalue weighted by atomic mass is 10.0. The van der Waals surface area contributed by atoms with Gasteiger partial charge in [0.05, 0.1) is 27.7 Å². The SMILES string of the molecule is CC/C=C\C/C=C\C/C=C\C/C=C\C/C=C\C/C=C\C/C=C\C/C=C\CCCCCCCCCCCCCCCCC(=O)OC(COC(=O)CCCCCCC/C=C\C/C=C\CCCCC)COP(=O)(O)OCC[N+](C)(C)C. The topological polar surface area (TPSA) is 108 Å². The number of phosphoric acid groups is 1. The first kappa shape index (κ1) is 74.4. The van der Waals surface area contributed by atoms with Gasteiger partial charge >= 0.3 is 19.8 Å². The summed E-state index contributed by atoms with van der Waals surface area (Å²) in [6.45, 7) is 4.27. The minimum Gasteiger partial charge on any atom is -0.462 e. The summed E-state index contributed by atoms with van der Waals surface area (Å²) in [5, 5.41) is 0. The van der Waals surface area contributed by atoms with Crippen molar-refractivity contribution in [1.82, 2.24) is 0 Å². The molecule has 9 nitrogen and oxygen atoms in total. The second-order valence-corrected chi connectivity index (χ2v) is 23.2. The number of quaternary nitrogens is 1. The van der Waals surface area contributed by atoms with Gasteiger partial charge in [-0.15, -0.1) is 0 Å². The van der Waals surface area contributed by atoms with Gasteiger partial charge in [-0.2, -0.15) is 0 Å². The molecule has 0 rings (SSSR count). The van der Waals surface area contributed by atoms with Crippen molar-refractivity contribution in [1.29, 1.82) is 0 Å². The molecule has 0 saturated carbocycles. The highest BCUT2D eigenvalue weighted by Crippen LogP contribution is 2.43.